The van der Waals surface area contributed by atoms with Gasteiger partial charge in [0.2, 0.25) is 0 Å². The molecule has 1 aromatic rings. The molecule has 1 nitrogen and oxygen atoms in total. The minimum atomic E-state index is 0.524. The van der Waals surface area contributed by atoms with Crippen molar-refractivity contribution in [2.75, 3.05) is 6.54 Å². The maximum absolute atomic E-state index is 6.13. The Morgan fingerprint density at radius 1 is 1.21 bits per heavy atom. The lowest BCUT2D eigenvalue weighted by molar-refractivity contribution is 0.292. The summed E-state index contributed by atoms with van der Waals surface area (Å²) in [5, 5.41) is 3.77. The fraction of sp³-hybridized carbons (Fsp3) is 0.750. The van der Waals surface area contributed by atoms with E-state index < -0.39 is 0 Å². The molecule has 1 N–H and O–H groups in total. The first kappa shape index (κ1) is 15.3. The Balaban J connectivity index is 2.06. The molecular weight excluding hydrogens is 274 g/mol. The highest BCUT2D eigenvalue weighted by Crippen LogP contribution is 2.37. The van der Waals surface area contributed by atoms with E-state index >= 15 is 0 Å². The van der Waals surface area contributed by atoms with Gasteiger partial charge in [0.25, 0.3) is 0 Å². The highest BCUT2D eigenvalue weighted by atomic mass is 35.5. The zero-order valence-electron chi connectivity index (χ0n) is 12.0. The summed E-state index contributed by atoms with van der Waals surface area (Å²) in [6.07, 6.45) is 11.0. The lowest BCUT2D eigenvalue weighted by atomic mass is 9.85. The number of rotatable bonds is 5. The van der Waals surface area contributed by atoms with Gasteiger partial charge in [-0.2, -0.15) is 0 Å². The number of nitrogens with one attached hydrogen (secondary N) is 1. The predicted molar refractivity (Wildman–Crippen MR) is 86.2 cm³/mol. The van der Waals surface area contributed by atoms with Gasteiger partial charge in [0.15, 0.2) is 0 Å². The van der Waals surface area contributed by atoms with Gasteiger partial charge in [0, 0.05) is 10.9 Å². The van der Waals surface area contributed by atoms with Crippen molar-refractivity contribution < 1.29 is 0 Å². The molecule has 19 heavy (non-hydrogen) atoms. The second-order valence-electron chi connectivity index (χ2n) is 5.68. The molecule has 0 bridgehead atoms. The van der Waals surface area contributed by atoms with Gasteiger partial charge in [-0.1, -0.05) is 50.6 Å². The van der Waals surface area contributed by atoms with Gasteiger partial charge in [-0.3, -0.25) is 0 Å². The average Bonchev–Trinajstić information content (AvgIpc) is 2.78. The quantitative estimate of drug-likeness (QED) is 0.724. The molecule has 1 atom stereocenters. The highest BCUT2D eigenvalue weighted by molar-refractivity contribution is 7.16. The molecule has 0 amide bonds. The Morgan fingerprint density at radius 2 is 1.89 bits per heavy atom. The van der Waals surface area contributed by atoms with E-state index in [1.807, 2.05) is 6.07 Å². The van der Waals surface area contributed by atoms with Gasteiger partial charge in [-0.05, 0) is 43.9 Å². The summed E-state index contributed by atoms with van der Waals surface area (Å²) in [7, 11) is 0. The van der Waals surface area contributed by atoms with Gasteiger partial charge in [-0.15, -0.1) is 11.3 Å². The molecule has 1 aliphatic carbocycles. The second kappa shape index (κ2) is 8.28. The first-order valence-corrected chi connectivity index (χ1v) is 8.99. The van der Waals surface area contributed by atoms with Crippen LogP contribution in [0.3, 0.4) is 0 Å². The molecule has 0 aromatic carbocycles. The molecular formula is C16H26ClNS. The smallest absolute Gasteiger partial charge is 0.0931 e. The molecule has 0 radical (unpaired) electrons. The number of hydrogen-bond acceptors (Lipinski definition) is 2. The first-order valence-electron chi connectivity index (χ1n) is 7.80. The van der Waals surface area contributed by atoms with Crippen molar-refractivity contribution in [1.82, 2.24) is 5.32 Å². The van der Waals surface area contributed by atoms with Crippen molar-refractivity contribution in [3.63, 3.8) is 0 Å². The molecule has 1 fully saturated rings. The molecule has 1 aliphatic rings. The van der Waals surface area contributed by atoms with Crippen LogP contribution in [0.25, 0.3) is 0 Å². The molecule has 0 aliphatic heterocycles. The minimum absolute atomic E-state index is 0.524. The van der Waals surface area contributed by atoms with Crippen LogP contribution >= 0.6 is 22.9 Å². The van der Waals surface area contributed by atoms with Crippen LogP contribution in [-0.2, 0) is 0 Å². The van der Waals surface area contributed by atoms with Crippen LogP contribution < -0.4 is 5.32 Å². The third kappa shape index (κ3) is 4.77. The molecule has 2 rings (SSSR count). The van der Waals surface area contributed by atoms with Crippen LogP contribution in [-0.4, -0.2) is 6.54 Å². The highest BCUT2D eigenvalue weighted by Gasteiger charge is 2.24. The van der Waals surface area contributed by atoms with Gasteiger partial charge in [-0.25, -0.2) is 0 Å². The number of thiophene rings is 1. The van der Waals surface area contributed by atoms with E-state index in [9.17, 15) is 0 Å². The Kier molecular flexibility index (Phi) is 6.69. The lowest BCUT2D eigenvalue weighted by Crippen LogP contribution is -2.29. The van der Waals surface area contributed by atoms with Crippen molar-refractivity contribution in [1.29, 1.82) is 0 Å². The van der Waals surface area contributed by atoms with Crippen molar-refractivity contribution in [2.45, 2.75) is 64.3 Å². The summed E-state index contributed by atoms with van der Waals surface area (Å²) in [6, 6.07) is 4.79. The lowest BCUT2D eigenvalue weighted by Gasteiger charge is -2.29. The van der Waals surface area contributed by atoms with Gasteiger partial charge < -0.3 is 5.32 Å². The Labute approximate surface area is 126 Å². The van der Waals surface area contributed by atoms with E-state index in [0.29, 0.717) is 6.04 Å². The fourth-order valence-corrected chi connectivity index (χ4v) is 4.35. The Hall–Kier alpha value is -0.0500. The Morgan fingerprint density at radius 3 is 2.47 bits per heavy atom. The molecule has 1 heterocycles. The van der Waals surface area contributed by atoms with E-state index in [1.165, 1.54) is 56.2 Å². The summed E-state index contributed by atoms with van der Waals surface area (Å²) in [5.74, 6) is 0.793. The zero-order valence-corrected chi connectivity index (χ0v) is 13.5. The normalized spacial score (nSPS) is 19.9. The van der Waals surface area contributed by atoms with E-state index in [2.05, 4.69) is 18.3 Å². The summed E-state index contributed by atoms with van der Waals surface area (Å²) in [6.45, 7) is 3.35. The molecule has 1 saturated carbocycles. The van der Waals surface area contributed by atoms with Crippen molar-refractivity contribution in [2.24, 2.45) is 5.92 Å². The SMILES string of the molecule is CCCNC(c1ccc(Cl)s1)C1CCCCCCC1. The Bertz CT molecular complexity index is 355. The van der Waals surface area contributed by atoms with E-state index in [4.69, 9.17) is 11.6 Å². The number of hydrogen-bond donors (Lipinski definition) is 1. The maximum Gasteiger partial charge on any atom is 0.0931 e. The standard InChI is InChI=1S/C16H26ClNS/c1-2-12-18-16(14-10-11-15(17)19-14)13-8-6-4-3-5-7-9-13/h10-11,13,16,18H,2-9,12H2,1H3. The summed E-state index contributed by atoms with van der Waals surface area (Å²) >= 11 is 7.88. The molecule has 0 saturated heterocycles. The van der Waals surface area contributed by atoms with Gasteiger partial charge >= 0.3 is 0 Å². The fourth-order valence-electron chi connectivity index (χ4n) is 3.12. The topological polar surface area (TPSA) is 12.0 Å². The van der Waals surface area contributed by atoms with Gasteiger partial charge in [0.1, 0.15) is 0 Å². The predicted octanol–water partition coefficient (Wildman–Crippen LogP) is 5.80. The largest absolute Gasteiger partial charge is 0.309 e. The van der Waals surface area contributed by atoms with E-state index in [-0.39, 0.29) is 0 Å². The summed E-state index contributed by atoms with van der Waals surface area (Å²) in [5.41, 5.74) is 0. The van der Waals surface area contributed by atoms with Crippen LogP contribution in [0.15, 0.2) is 12.1 Å². The van der Waals surface area contributed by atoms with Crippen LogP contribution in [0.1, 0.15) is 69.2 Å². The van der Waals surface area contributed by atoms with Gasteiger partial charge in [0.05, 0.1) is 4.34 Å². The molecule has 1 unspecified atom stereocenters. The summed E-state index contributed by atoms with van der Waals surface area (Å²) < 4.78 is 0.921. The van der Waals surface area contributed by atoms with E-state index in [1.54, 1.807) is 11.3 Å². The maximum atomic E-state index is 6.13. The third-order valence-corrected chi connectivity index (χ3v) is 5.45. The molecule has 3 heteroatoms. The van der Waals surface area contributed by atoms with Crippen LogP contribution in [0.2, 0.25) is 4.34 Å². The molecule has 1 aromatic heterocycles. The zero-order chi connectivity index (χ0) is 13.5. The van der Waals surface area contributed by atoms with Crippen molar-refractivity contribution >= 4 is 22.9 Å². The third-order valence-electron chi connectivity index (χ3n) is 4.14. The first-order chi connectivity index (χ1) is 9.31. The minimum Gasteiger partial charge on any atom is -0.309 e. The van der Waals surface area contributed by atoms with Crippen LogP contribution in [0.4, 0.5) is 0 Å². The van der Waals surface area contributed by atoms with Crippen LogP contribution in [0, 0.1) is 5.92 Å². The molecule has 108 valence electrons. The van der Waals surface area contributed by atoms with E-state index in [0.717, 1.165) is 16.8 Å². The summed E-state index contributed by atoms with van der Waals surface area (Å²) in [4.78, 5) is 1.43. The van der Waals surface area contributed by atoms with Crippen molar-refractivity contribution in [3.8, 4) is 0 Å². The molecule has 0 spiro atoms. The monoisotopic (exact) mass is 299 g/mol. The second-order valence-corrected chi connectivity index (χ2v) is 7.43. The number of halogens is 1. The van der Waals surface area contributed by atoms with Crippen LogP contribution in [0.5, 0.6) is 0 Å². The average molecular weight is 300 g/mol. The van der Waals surface area contributed by atoms with Crippen molar-refractivity contribution in [3.05, 3.63) is 21.3 Å².